The summed E-state index contributed by atoms with van der Waals surface area (Å²) in [5.41, 5.74) is 6.00. The Morgan fingerprint density at radius 3 is 2.30 bits per heavy atom. The first-order valence-electron chi connectivity index (χ1n) is 7.21. The molecule has 2 aromatic carbocycles. The Hall–Kier alpha value is -1.89. The maximum absolute atomic E-state index is 12.2. The van der Waals surface area contributed by atoms with E-state index in [1.54, 1.807) is 0 Å². The third-order valence-electron chi connectivity index (χ3n) is 4.39. The maximum atomic E-state index is 12.2. The normalized spacial score (nSPS) is 15.1. The van der Waals surface area contributed by atoms with Gasteiger partial charge in [-0.05, 0) is 28.3 Å². The van der Waals surface area contributed by atoms with Gasteiger partial charge in [-0.25, -0.2) is 0 Å². The Labute approximate surface area is 120 Å². The first-order valence-corrected chi connectivity index (χ1v) is 7.21. The molecule has 1 aliphatic rings. The molecule has 0 bridgehead atoms. The van der Waals surface area contributed by atoms with Crippen LogP contribution in [0.3, 0.4) is 0 Å². The van der Waals surface area contributed by atoms with Crippen LogP contribution in [-0.4, -0.2) is 5.78 Å². The van der Waals surface area contributed by atoms with Crippen molar-refractivity contribution in [3.63, 3.8) is 0 Å². The van der Waals surface area contributed by atoms with Gasteiger partial charge in [-0.1, -0.05) is 64.1 Å². The second-order valence-corrected chi connectivity index (χ2v) is 6.45. The van der Waals surface area contributed by atoms with E-state index in [1.807, 2.05) is 19.9 Å². The molecule has 0 atom stereocenters. The first-order chi connectivity index (χ1) is 9.43. The molecule has 0 amide bonds. The van der Waals surface area contributed by atoms with Gasteiger partial charge in [0, 0.05) is 16.9 Å². The summed E-state index contributed by atoms with van der Waals surface area (Å²) in [6, 6.07) is 14.7. The van der Waals surface area contributed by atoms with Gasteiger partial charge in [0.2, 0.25) is 0 Å². The van der Waals surface area contributed by atoms with Crippen molar-refractivity contribution in [2.75, 3.05) is 0 Å². The van der Waals surface area contributed by atoms with Crippen molar-refractivity contribution in [3.05, 3.63) is 59.2 Å². The zero-order valence-electron chi connectivity index (χ0n) is 12.5. The Bertz CT molecular complexity index is 693. The molecule has 102 valence electrons. The monoisotopic (exact) mass is 264 g/mol. The number of ketones is 1. The van der Waals surface area contributed by atoms with Crippen molar-refractivity contribution >= 4 is 5.78 Å². The lowest BCUT2D eigenvalue weighted by molar-refractivity contribution is 0.0939. The van der Waals surface area contributed by atoms with Crippen LogP contribution >= 0.6 is 0 Å². The summed E-state index contributed by atoms with van der Waals surface area (Å²) in [7, 11) is 0. The molecule has 0 saturated carbocycles. The minimum atomic E-state index is -0.0286. The second-order valence-electron chi connectivity index (χ2n) is 6.45. The molecule has 0 unspecified atom stereocenters. The first kappa shape index (κ1) is 13.1. The van der Waals surface area contributed by atoms with Crippen LogP contribution in [0.4, 0.5) is 0 Å². The number of carbonyl (C=O) groups excluding carboxylic acids is 1. The fourth-order valence-electron chi connectivity index (χ4n) is 3.19. The number of benzene rings is 2. The van der Waals surface area contributed by atoms with E-state index in [4.69, 9.17) is 0 Å². The van der Waals surface area contributed by atoms with Gasteiger partial charge < -0.3 is 0 Å². The molecule has 0 fully saturated rings. The summed E-state index contributed by atoms with van der Waals surface area (Å²) >= 11 is 0. The van der Waals surface area contributed by atoms with Crippen LogP contribution < -0.4 is 0 Å². The quantitative estimate of drug-likeness (QED) is 0.710. The fourth-order valence-corrected chi connectivity index (χ4v) is 3.19. The molecule has 3 rings (SSSR count). The van der Waals surface area contributed by atoms with Gasteiger partial charge in [-0.2, -0.15) is 0 Å². The topological polar surface area (TPSA) is 17.1 Å². The molecule has 0 spiro atoms. The summed E-state index contributed by atoms with van der Waals surface area (Å²) in [6.45, 7) is 8.38. The van der Waals surface area contributed by atoms with Crippen LogP contribution in [-0.2, 0) is 5.41 Å². The highest BCUT2D eigenvalue weighted by atomic mass is 16.1. The maximum Gasteiger partial charge on any atom is 0.165 e. The Balaban J connectivity index is 2.20. The average molecular weight is 264 g/mol. The highest BCUT2D eigenvalue weighted by Gasteiger charge is 2.35. The van der Waals surface area contributed by atoms with Crippen molar-refractivity contribution in [1.29, 1.82) is 0 Å². The van der Waals surface area contributed by atoms with Crippen molar-refractivity contribution in [2.45, 2.75) is 33.1 Å². The Kier molecular flexibility index (Phi) is 2.82. The predicted molar refractivity (Wildman–Crippen MR) is 83.2 cm³/mol. The molecule has 1 heteroatoms. The Morgan fingerprint density at radius 1 is 0.950 bits per heavy atom. The molecule has 1 aliphatic carbocycles. The fraction of sp³-hybridized carbons (Fsp3) is 0.316. The van der Waals surface area contributed by atoms with Crippen LogP contribution in [0.1, 0.15) is 49.2 Å². The molecule has 0 aliphatic heterocycles. The number of hydrogen-bond acceptors (Lipinski definition) is 1. The number of carbonyl (C=O) groups is 1. The summed E-state index contributed by atoms with van der Waals surface area (Å²) in [6.07, 6.45) is 0. The van der Waals surface area contributed by atoms with Gasteiger partial charge in [0.1, 0.15) is 0 Å². The lowest BCUT2D eigenvalue weighted by Crippen LogP contribution is -2.16. The zero-order chi connectivity index (χ0) is 14.5. The summed E-state index contributed by atoms with van der Waals surface area (Å²) in [4.78, 5) is 12.2. The van der Waals surface area contributed by atoms with Gasteiger partial charge in [-0.15, -0.1) is 0 Å². The highest BCUT2D eigenvalue weighted by molar-refractivity contribution is 5.99. The molecule has 0 aromatic heterocycles. The standard InChI is InChI=1S/C19H20O/c1-12(2)18(20)13-9-10-15-14-7-5-6-8-16(14)19(3,4)17(15)11-13/h5-12H,1-4H3. The average Bonchev–Trinajstić information content (AvgIpc) is 2.67. The molecular formula is C19H20O. The number of Topliss-reactive ketones (excluding diaryl/α,β-unsaturated/α-hetero) is 1. The number of fused-ring (bicyclic) bond motifs is 3. The highest BCUT2D eigenvalue weighted by Crippen LogP contribution is 2.48. The summed E-state index contributed by atoms with van der Waals surface area (Å²) in [5, 5.41) is 0. The molecule has 0 heterocycles. The number of hydrogen-bond donors (Lipinski definition) is 0. The van der Waals surface area contributed by atoms with Crippen LogP contribution in [0.15, 0.2) is 42.5 Å². The van der Waals surface area contributed by atoms with Crippen LogP contribution in [0.2, 0.25) is 0 Å². The van der Waals surface area contributed by atoms with Crippen LogP contribution in [0.25, 0.3) is 11.1 Å². The van der Waals surface area contributed by atoms with Crippen molar-refractivity contribution < 1.29 is 4.79 Å². The van der Waals surface area contributed by atoms with Gasteiger partial charge in [0.05, 0.1) is 0 Å². The minimum Gasteiger partial charge on any atom is -0.294 e. The Morgan fingerprint density at radius 2 is 1.60 bits per heavy atom. The molecule has 1 nitrogen and oxygen atoms in total. The van der Waals surface area contributed by atoms with Crippen LogP contribution in [0, 0.1) is 5.92 Å². The minimum absolute atomic E-state index is 0.0286. The van der Waals surface area contributed by atoms with Crippen molar-refractivity contribution in [1.82, 2.24) is 0 Å². The van der Waals surface area contributed by atoms with Gasteiger partial charge in [-0.3, -0.25) is 4.79 Å². The van der Waals surface area contributed by atoms with E-state index in [0.29, 0.717) is 0 Å². The second kappa shape index (κ2) is 4.31. The van der Waals surface area contributed by atoms with Gasteiger partial charge >= 0.3 is 0 Å². The van der Waals surface area contributed by atoms with Crippen molar-refractivity contribution in [2.24, 2.45) is 5.92 Å². The molecule has 0 saturated heterocycles. The SMILES string of the molecule is CC(C)C(=O)c1ccc2c(c1)C(C)(C)c1ccccc1-2. The molecule has 20 heavy (non-hydrogen) atoms. The smallest absolute Gasteiger partial charge is 0.165 e. The predicted octanol–water partition coefficient (Wildman–Crippen LogP) is 4.83. The van der Waals surface area contributed by atoms with Gasteiger partial charge in [0.15, 0.2) is 5.78 Å². The lowest BCUT2D eigenvalue weighted by Gasteiger charge is -2.21. The van der Waals surface area contributed by atoms with Crippen LogP contribution in [0.5, 0.6) is 0 Å². The van der Waals surface area contributed by atoms with E-state index in [0.717, 1.165) is 5.56 Å². The third kappa shape index (κ3) is 1.73. The summed E-state index contributed by atoms with van der Waals surface area (Å²) < 4.78 is 0. The zero-order valence-corrected chi connectivity index (χ0v) is 12.5. The van der Waals surface area contributed by atoms with E-state index in [2.05, 4.69) is 50.2 Å². The molecule has 0 radical (unpaired) electrons. The van der Waals surface area contributed by atoms with E-state index in [-0.39, 0.29) is 17.1 Å². The van der Waals surface area contributed by atoms with E-state index in [1.165, 1.54) is 22.3 Å². The van der Waals surface area contributed by atoms with Gasteiger partial charge in [0.25, 0.3) is 0 Å². The van der Waals surface area contributed by atoms with E-state index < -0.39 is 0 Å². The molecule has 0 N–H and O–H groups in total. The lowest BCUT2D eigenvalue weighted by atomic mass is 9.81. The van der Waals surface area contributed by atoms with E-state index in [9.17, 15) is 4.79 Å². The number of rotatable bonds is 2. The molecule has 2 aromatic rings. The third-order valence-corrected chi connectivity index (χ3v) is 4.39. The molecular weight excluding hydrogens is 244 g/mol. The largest absolute Gasteiger partial charge is 0.294 e. The van der Waals surface area contributed by atoms with E-state index >= 15 is 0 Å². The summed E-state index contributed by atoms with van der Waals surface area (Å²) in [5.74, 6) is 0.263. The van der Waals surface area contributed by atoms with Crippen molar-refractivity contribution in [3.8, 4) is 11.1 Å².